The molecule has 0 aromatic carbocycles. The summed E-state index contributed by atoms with van der Waals surface area (Å²) >= 11 is 5.77. The van der Waals surface area contributed by atoms with Crippen molar-refractivity contribution in [2.24, 2.45) is 9.98 Å². The smallest absolute Gasteiger partial charge is 0.350 e. The summed E-state index contributed by atoms with van der Waals surface area (Å²) in [6.45, 7) is 8.18. The Kier molecular flexibility index (Phi) is 6.32. The molecule has 0 aliphatic heterocycles. The van der Waals surface area contributed by atoms with Gasteiger partial charge in [-0.05, 0) is 27.7 Å². The second-order valence-electron chi connectivity index (χ2n) is 6.96. The fourth-order valence-electron chi connectivity index (χ4n) is 2.69. The van der Waals surface area contributed by atoms with Crippen LogP contribution in [0.1, 0.15) is 47.5 Å². The molecule has 4 aromatic rings. The van der Waals surface area contributed by atoms with Gasteiger partial charge in [-0.3, -0.25) is 0 Å². The van der Waals surface area contributed by atoms with Gasteiger partial charge >= 0.3 is 5.97 Å². The Morgan fingerprint density at radius 3 is 2.68 bits per heavy atom. The number of carbonyl (C=O) groups is 1. The second kappa shape index (κ2) is 8.99. The first kappa shape index (κ1) is 21.8. The highest BCUT2D eigenvalue weighted by atomic mass is 32.1. The second-order valence-corrected chi connectivity index (χ2v) is 10.5. The zero-order chi connectivity index (χ0) is 22.0. The number of esters is 1. The largest absolute Gasteiger partial charge is 0.462 e. The fourth-order valence-corrected chi connectivity index (χ4v) is 5.94. The van der Waals surface area contributed by atoms with E-state index in [9.17, 15) is 4.79 Å². The first-order valence-electron chi connectivity index (χ1n) is 9.37. The number of carbonyl (C=O) groups excluding carboxylic acids is 1. The van der Waals surface area contributed by atoms with Crippen LogP contribution in [0.4, 0.5) is 10.3 Å². The number of hydrogen-bond donors (Lipinski definition) is 2. The number of ether oxygens (including phenoxy) is 1. The van der Waals surface area contributed by atoms with E-state index >= 15 is 0 Å². The lowest BCUT2D eigenvalue weighted by Crippen LogP contribution is -2.21. The summed E-state index contributed by atoms with van der Waals surface area (Å²) < 4.78 is 5.09. The zero-order valence-electron chi connectivity index (χ0n) is 17.3. The molecule has 0 amide bonds. The van der Waals surface area contributed by atoms with Crippen molar-refractivity contribution in [3.05, 3.63) is 53.9 Å². The van der Waals surface area contributed by atoms with Crippen molar-refractivity contribution >= 4 is 61.6 Å². The van der Waals surface area contributed by atoms with Gasteiger partial charge in [-0.15, -0.1) is 34.0 Å². The molecule has 2 N–H and O–H groups in total. The zero-order valence-corrected chi connectivity index (χ0v) is 20.5. The maximum absolute atomic E-state index is 12.0. The molecule has 4 heterocycles. The van der Waals surface area contributed by atoms with Crippen LogP contribution in [0.25, 0.3) is 0 Å². The van der Waals surface area contributed by atoms with Crippen LogP contribution in [0.5, 0.6) is 0 Å². The molecule has 0 atom stereocenters. The molecule has 0 bridgehead atoms. The van der Waals surface area contributed by atoms with Crippen LogP contribution in [0.15, 0.2) is 32.3 Å². The van der Waals surface area contributed by atoms with E-state index in [-0.39, 0.29) is 11.4 Å². The molecule has 4 rings (SSSR count). The summed E-state index contributed by atoms with van der Waals surface area (Å²) in [7, 11) is 0. The summed E-state index contributed by atoms with van der Waals surface area (Å²) in [5.41, 5.74) is 2.32. The predicted octanol–water partition coefficient (Wildman–Crippen LogP) is 4.65. The number of aryl methyl sites for hydroxylation is 1. The van der Waals surface area contributed by atoms with Gasteiger partial charge in [-0.25, -0.2) is 14.8 Å². The molecule has 162 valence electrons. The first-order valence-corrected chi connectivity index (χ1v) is 12.8. The summed E-state index contributed by atoms with van der Waals surface area (Å²) in [6, 6.07) is 0. The minimum Gasteiger partial charge on any atom is -0.462 e. The van der Waals surface area contributed by atoms with Crippen LogP contribution in [0.3, 0.4) is 0 Å². The lowest BCUT2D eigenvalue weighted by atomic mass is 9.87. The first-order chi connectivity index (χ1) is 14.9. The molecule has 0 unspecified atom stereocenters. The van der Waals surface area contributed by atoms with Gasteiger partial charge < -0.3 is 14.7 Å². The SMILES string of the molecule is CCOC(=O)c1s/c(=N/c2nc(C(C)(C)c3cs/c(=N/c4nccs4)[nH]3)cs2)[nH]c1C. The van der Waals surface area contributed by atoms with Crippen molar-refractivity contribution in [1.82, 2.24) is 19.9 Å². The Morgan fingerprint density at radius 1 is 1.13 bits per heavy atom. The molecule has 0 aliphatic rings. The fraction of sp³-hybridized carbons (Fsp3) is 0.316. The number of hydrogen-bond acceptors (Lipinski definition) is 10. The third kappa shape index (κ3) is 4.76. The lowest BCUT2D eigenvalue weighted by molar-refractivity contribution is 0.0531. The van der Waals surface area contributed by atoms with Gasteiger partial charge in [0.2, 0.25) is 10.3 Å². The number of nitrogens with one attached hydrogen (secondary N) is 2. The molecule has 12 heteroatoms. The highest BCUT2D eigenvalue weighted by molar-refractivity contribution is 7.14. The number of H-pyrrole nitrogens is 2. The quantitative estimate of drug-likeness (QED) is 0.382. The number of rotatable bonds is 6. The highest BCUT2D eigenvalue weighted by Crippen LogP contribution is 2.33. The molecule has 0 spiro atoms. The van der Waals surface area contributed by atoms with E-state index in [1.165, 1.54) is 45.3 Å². The number of aromatic nitrogens is 4. The van der Waals surface area contributed by atoms with Crippen LogP contribution in [0.2, 0.25) is 0 Å². The average Bonchev–Trinajstić information content (AvgIpc) is 3.50. The summed E-state index contributed by atoms with van der Waals surface area (Å²) in [6.07, 6.45) is 1.74. The molecule has 31 heavy (non-hydrogen) atoms. The Bertz CT molecular complexity index is 1320. The van der Waals surface area contributed by atoms with E-state index in [0.29, 0.717) is 21.4 Å². The Hall–Kier alpha value is -2.41. The molecule has 4 aromatic heterocycles. The van der Waals surface area contributed by atoms with Crippen LogP contribution in [-0.2, 0) is 10.2 Å². The maximum atomic E-state index is 12.0. The van der Waals surface area contributed by atoms with Gasteiger partial charge in [-0.1, -0.05) is 11.3 Å². The Morgan fingerprint density at radius 2 is 1.94 bits per heavy atom. The summed E-state index contributed by atoms with van der Waals surface area (Å²) in [4.78, 5) is 38.5. The van der Waals surface area contributed by atoms with E-state index in [4.69, 9.17) is 9.72 Å². The molecule has 0 aliphatic carbocycles. The average molecular weight is 493 g/mol. The summed E-state index contributed by atoms with van der Waals surface area (Å²) in [5, 5.41) is 7.32. The van der Waals surface area contributed by atoms with E-state index in [0.717, 1.165) is 27.0 Å². The third-order valence-corrected chi connectivity index (χ3v) is 7.68. The predicted molar refractivity (Wildman–Crippen MR) is 125 cm³/mol. The topological polar surface area (TPSA) is 108 Å². The van der Waals surface area contributed by atoms with Crippen LogP contribution < -0.4 is 9.60 Å². The Balaban J connectivity index is 1.60. The molecule has 0 fully saturated rings. The third-order valence-electron chi connectivity index (χ3n) is 4.44. The van der Waals surface area contributed by atoms with Gasteiger partial charge in [0.15, 0.2) is 9.60 Å². The molecule has 0 saturated heterocycles. The molecule has 8 nitrogen and oxygen atoms in total. The van der Waals surface area contributed by atoms with Crippen molar-refractivity contribution in [2.45, 2.75) is 33.1 Å². The summed E-state index contributed by atoms with van der Waals surface area (Å²) in [5.74, 6) is -0.337. The minimum atomic E-state index is -0.345. The normalized spacial score (nSPS) is 13.2. The van der Waals surface area contributed by atoms with Crippen molar-refractivity contribution in [3.8, 4) is 0 Å². The van der Waals surface area contributed by atoms with Gasteiger partial charge in [0.05, 0.1) is 12.3 Å². The van der Waals surface area contributed by atoms with Crippen LogP contribution >= 0.6 is 45.3 Å². The standard InChI is InChI=1S/C19H20N6O2S4/c1-5-27-14(26)13-10(2)21-18(31-13)25-17-23-12(9-30-17)19(3,4)11-8-29-16(22-11)24-15-20-6-7-28-15/h6-9H,5H2,1-4H3,(H,20,22,24)(H,21,23,25). The highest BCUT2D eigenvalue weighted by Gasteiger charge is 2.28. The van der Waals surface area contributed by atoms with Crippen molar-refractivity contribution in [2.75, 3.05) is 6.61 Å². The Labute approximate surface area is 194 Å². The molecule has 0 saturated carbocycles. The van der Waals surface area contributed by atoms with E-state index in [1.54, 1.807) is 13.1 Å². The van der Waals surface area contributed by atoms with Gasteiger partial charge in [0.1, 0.15) is 4.88 Å². The number of thiazole rings is 4. The number of aromatic amines is 2. The van der Waals surface area contributed by atoms with E-state index < -0.39 is 0 Å². The lowest BCUT2D eigenvalue weighted by Gasteiger charge is -2.20. The van der Waals surface area contributed by atoms with Gasteiger partial charge in [0, 0.05) is 39.1 Å². The van der Waals surface area contributed by atoms with Crippen LogP contribution in [-0.4, -0.2) is 32.5 Å². The van der Waals surface area contributed by atoms with Crippen molar-refractivity contribution < 1.29 is 9.53 Å². The van der Waals surface area contributed by atoms with Crippen molar-refractivity contribution in [1.29, 1.82) is 0 Å². The van der Waals surface area contributed by atoms with E-state index in [2.05, 4.69) is 44.2 Å². The van der Waals surface area contributed by atoms with Gasteiger partial charge in [-0.2, -0.15) is 9.98 Å². The van der Waals surface area contributed by atoms with Crippen molar-refractivity contribution in [3.63, 3.8) is 0 Å². The molecular weight excluding hydrogens is 473 g/mol. The minimum absolute atomic E-state index is 0.337. The molecule has 0 radical (unpaired) electrons. The van der Waals surface area contributed by atoms with E-state index in [1.807, 2.05) is 17.7 Å². The molecular formula is C19H20N6O2S4. The van der Waals surface area contributed by atoms with Gasteiger partial charge in [0.25, 0.3) is 0 Å². The monoisotopic (exact) mass is 492 g/mol. The number of nitrogens with zero attached hydrogens (tertiary/aromatic N) is 4. The van der Waals surface area contributed by atoms with Crippen LogP contribution in [0, 0.1) is 6.92 Å². The maximum Gasteiger partial charge on any atom is 0.350 e.